The molecule has 3 aromatic heterocycles. The molecule has 2 aliphatic rings. The molecule has 1 saturated carbocycles. The van der Waals surface area contributed by atoms with E-state index in [-0.39, 0.29) is 12.5 Å². The van der Waals surface area contributed by atoms with Gasteiger partial charge in [-0.3, -0.25) is 9.48 Å². The number of aromatic amines is 1. The number of benzene rings is 2. The van der Waals surface area contributed by atoms with E-state index in [2.05, 4.69) is 32.2 Å². The molecular formula is C29H26N6O2. The number of aryl methyl sites for hydroxylation is 1. The molecule has 1 aliphatic carbocycles. The standard InChI is InChI=1S/C29H26N6O2/c1-34-15-20(14-31-34)27-32-26-23(9-11-30-28(26)33-27)22-3-2-4-25(24(22)16-36)35-12-10-19-13-18(17-5-6-17)7-8-21(19)29(35)37/h2-4,7-9,11,13-15,17,36H,5-6,10,12,16H2,1H3,(H,30,32,33). The van der Waals surface area contributed by atoms with Crippen LogP contribution in [-0.4, -0.2) is 42.3 Å². The van der Waals surface area contributed by atoms with Crippen molar-refractivity contribution in [3.63, 3.8) is 0 Å². The maximum Gasteiger partial charge on any atom is 0.258 e. The average molecular weight is 491 g/mol. The van der Waals surface area contributed by atoms with Crippen LogP contribution >= 0.6 is 0 Å². The van der Waals surface area contributed by atoms with Gasteiger partial charge in [0.2, 0.25) is 0 Å². The van der Waals surface area contributed by atoms with Gasteiger partial charge < -0.3 is 15.0 Å². The Morgan fingerprint density at radius 2 is 2.00 bits per heavy atom. The van der Waals surface area contributed by atoms with E-state index in [1.165, 1.54) is 18.4 Å². The van der Waals surface area contributed by atoms with Crippen molar-refractivity contribution < 1.29 is 9.90 Å². The van der Waals surface area contributed by atoms with Crippen molar-refractivity contribution in [2.45, 2.75) is 31.8 Å². The minimum Gasteiger partial charge on any atom is -0.392 e. The monoisotopic (exact) mass is 490 g/mol. The van der Waals surface area contributed by atoms with Gasteiger partial charge in [-0.2, -0.15) is 5.10 Å². The van der Waals surface area contributed by atoms with Crippen molar-refractivity contribution in [3.8, 4) is 22.5 Å². The van der Waals surface area contributed by atoms with Crippen LogP contribution in [-0.2, 0) is 20.1 Å². The maximum absolute atomic E-state index is 13.6. The quantitative estimate of drug-likeness (QED) is 0.375. The van der Waals surface area contributed by atoms with Gasteiger partial charge in [-0.05, 0) is 60.1 Å². The molecule has 37 heavy (non-hydrogen) atoms. The van der Waals surface area contributed by atoms with E-state index in [4.69, 9.17) is 0 Å². The number of amides is 1. The Balaban J connectivity index is 1.30. The number of H-pyrrole nitrogens is 1. The van der Waals surface area contributed by atoms with Crippen LogP contribution in [0, 0.1) is 0 Å². The number of hydrogen-bond donors (Lipinski definition) is 2. The topological polar surface area (TPSA) is 99.9 Å². The molecule has 0 radical (unpaired) electrons. The molecule has 7 rings (SSSR count). The van der Waals surface area contributed by atoms with Crippen LogP contribution in [0.5, 0.6) is 0 Å². The lowest BCUT2D eigenvalue weighted by Gasteiger charge is -2.31. The molecule has 8 heteroatoms. The Hall–Kier alpha value is -4.30. The number of pyridine rings is 1. The molecule has 2 aromatic carbocycles. The van der Waals surface area contributed by atoms with Gasteiger partial charge in [0.05, 0.1) is 29.6 Å². The van der Waals surface area contributed by atoms with E-state index in [0.717, 1.165) is 45.4 Å². The molecule has 2 N–H and O–H groups in total. The summed E-state index contributed by atoms with van der Waals surface area (Å²) in [5.41, 5.74) is 8.62. The summed E-state index contributed by atoms with van der Waals surface area (Å²) >= 11 is 0. The number of nitrogens with one attached hydrogen (secondary N) is 1. The number of carbonyl (C=O) groups excluding carboxylic acids is 1. The summed E-state index contributed by atoms with van der Waals surface area (Å²) < 4.78 is 1.73. The minimum absolute atomic E-state index is 0.0178. The number of aliphatic hydroxyl groups excluding tert-OH is 1. The van der Waals surface area contributed by atoms with E-state index in [9.17, 15) is 9.90 Å². The van der Waals surface area contributed by atoms with Gasteiger partial charge in [0, 0.05) is 42.7 Å². The summed E-state index contributed by atoms with van der Waals surface area (Å²) in [5.74, 6) is 1.32. The van der Waals surface area contributed by atoms with E-state index in [1.54, 1.807) is 22.0 Å². The summed E-state index contributed by atoms with van der Waals surface area (Å²) in [5, 5.41) is 14.8. The van der Waals surface area contributed by atoms with Crippen molar-refractivity contribution in [3.05, 3.63) is 83.3 Å². The second-order valence-electron chi connectivity index (χ2n) is 9.90. The second-order valence-corrected chi connectivity index (χ2v) is 9.90. The summed E-state index contributed by atoms with van der Waals surface area (Å²) in [6, 6.07) is 14.1. The molecule has 5 aromatic rings. The highest BCUT2D eigenvalue weighted by atomic mass is 16.3. The number of hydrogen-bond acceptors (Lipinski definition) is 5. The van der Waals surface area contributed by atoms with E-state index in [1.807, 2.05) is 43.6 Å². The Morgan fingerprint density at radius 1 is 1.11 bits per heavy atom. The third-order valence-corrected chi connectivity index (χ3v) is 7.52. The number of imidazole rings is 1. The number of rotatable bonds is 5. The fraction of sp³-hybridized carbons (Fsp3) is 0.241. The SMILES string of the molecule is Cn1cc(-c2nc3nccc(-c4cccc(N5CCc6cc(C7CC7)ccc6C5=O)c4CO)c3[nH]2)cn1. The first-order valence-corrected chi connectivity index (χ1v) is 12.6. The molecule has 0 saturated heterocycles. The molecule has 1 aliphatic heterocycles. The zero-order valence-electron chi connectivity index (χ0n) is 20.5. The lowest BCUT2D eigenvalue weighted by Crippen LogP contribution is -2.38. The maximum atomic E-state index is 13.6. The van der Waals surface area contributed by atoms with Crippen molar-refractivity contribution in [1.82, 2.24) is 24.7 Å². The first-order valence-electron chi connectivity index (χ1n) is 12.6. The highest BCUT2D eigenvalue weighted by Crippen LogP contribution is 2.42. The minimum atomic E-state index is -0.198. The zero-order valence-corrected chi connectivity index (χ0v) is 20.5. The fourth-order valence-electron chi connectivity index (χ4n) is 5.47. The molecule has 0 spiro atoms. The number of aromatic nitrogens is 5. The zero-order chi connectivity index (χ0) is 25.1. The van der Waals surface area contributed by atoms with Gasteiger partial charge in [-0.15, -0.1) is 0 Å². The lowest BCUT2D eigenvalue weighted by atomic mass is 9.93. The van der Waals surface area contributed by atoms with Gasteiger partial charge in [0.25, 0.3) is 5.91 Å². The van der Waals surface area contributed by atoms with E-state index in [0.29, 0.717) is 29.5 Å². The lowest BCUT2D eigenvalue weighted by molar-refractivity contribution is 0.0980. The van der Waals surface area contributed by atoms with Gasteiger partial charge >= 0.3 is 0 Å². The predicted octanol–water partition coefficient (Wildman–Crippen LogP) is 4.60. The van der Waals surface area contributed by atoms with Crippen LogP contribution in [0.2, 0.25) is 0 Å². The largest absolute Gasteiger partial charge is 0.392 e. The van der Waals surface area contributed by atoms with Crippen molar-refractivity contribution in [1.29, 1.82) is 0 Å². The third kappa shape index (κ3) is 3.64. The molecule has 4 heterocycles. The van der Waals surface area contributed by atoms with Crippen molar-refractivity contribution >= 4 is 22.8 Å². The number of nitrogens with zero attached hydrogens (tertiary/aromatic N) is 5. The average Bonchev–Trinajstić information content (AvgIpc) is 3.53. The molecule has 1 fully saturated rings. The molecule has 0 bridgehead atoms. The van der Waals surface area contributed by atoms with Crippen LogP contribution in [0.25, 0.3) is 33.7 Å². The molecule has 184 valence electrons. The number of anilines is 1. The molecule has 8 nitrogen and oxygen atoms in total. The fourth-order valence-corrected chi connectivity index (χ4v) is 5.47. The summed E-state index contributed by atoms with van der Waals surface area (Å²) in [6.07, 6.45) is 8.65. The first kappa shape index (κ1) is 21.9. The Bertz CT molecular complexity index is 1680. The number of carbonyl (C=O) groups is 1. The van der Waals surface area contributed by atoms with Crippen molar-refractivity contribution in [2.75, 3.05) is 11.4 Å². The van der Waals surface area contributed by atoms with Gasteiger partial charge in [-0.1, -0.05) is 24.3 Å². The molecule has 1 amide bonds. The van der Waals surface area contributed by atoms with Crippen LogP contribution in [0.1, 0.15) is 45.8 Å². The second kappa shape index (κ2) is 8.38. The highest BCUT2D eigenvalue weighted by molar-refractivity contribution is 6.09. The Kier molecular flexibility index (Phi) is 4.97. The first-order chi connectivity index (χ1) is 18.1. The van der Waals surface area contributed by atoms with Gasteiger partial charge in [0.15, 0.2) is 5.65 Å². The van der Waals surface area contributed by atoms with Crippen molar-refractivity contribution in [2.24, 2.45) is 7.05 Å². The number of aliphatic hydroxyl groups is 1. The predicted molar refractivity (Wildman–Crippen MR) is 141 cm³/mol. The van der Waals surface area contributed by atoms with Crippen LogP contribution in [0.3, 0.4) is 0 Å². The third-order valence-electron chi connectivity index (χ3n) is 7.52. The highest BCUT2D eigenvalue weighted by Gasteiger charge is 2.30. The van der Waals surface area contributed by atoms with Gasteiger partial charge in [0.1, 0.15) is 5.82 Å². The normalized spacial score (nSPS) is 15.4. The van der Waals surface area contributed by atoms with Crippen LogP contribution in [0.4, 0.5) is 5.69 Å². The molecular weight excluding hydrogens is 464 g/mol. The Morgan fingerprint density at radius 3 is 2.78 bits per heavy atom. The van der Waals surface area contributed by atoms with Crippen LogP contribution in [0.15, 0.2) is 61.1 Å². The summed E-state index contributed by atoms with van der Waals surface area (Å²) in [6.45, 7) is 0.382. The smallest absolute Gasteiger partial charge is 0.258 e. The summed E-state index contributed by atoms with van der Waals surface area (Å²) in [4.78, 5) is 27.9. The molecule has 0 atom stereocenters. The van der Waals surface area contributed by atoms with Gasteiger partial charge in [-0.25, -0.2) is 9.97 Å². The van der Waals surface area contributed by atoms with Crippen LogP contribution < -0.4 is 4.90 Å². The molecule has 0 unspecified atom stereocenters. The van der Waals surface area contributed by atoms with E-state index < -0.39 is 0 Å². The number of fused-ring (bicyclic) bond motifs is 2. The summed E-state index contributed by atoms with van der Waals surface area (Å²) in [7, 11) is 1.86. The Labute approximate surface area is 213 Å². The van der Waals surface area contributed by atoms with E-state index >= 15 is 0 Å².